The SMILES string of the molecule is CCC(CC)C(=O)N1CCN(c2ccc(C)c(Cl)c2)CC1. The Balaban J connectivity index is 1.96. The van der Waals surface area contributed by atoms with Crippen LogP contribution >= 0.6 is 11.6 Å². The van der Waals surface area contributed by atoms with E-state index in [-0.39, 0.29) is 5.92 Å². The molecule has 1 fully saturated rings. The van der Waals surface area contributed by atoms with E-state index in [9.17, 15) is 4.79 Å². The van der Waals surface area contributed by atoms with Crippen LogP contribution in [0.5, 0.6) is 0 Å². The summed E-state index contributed by atoms with van der Waals surface area (Å²) < 4.78 is 0. The monoisotopic (exact) mass is 308 g/mol. The van der Waals surface area contributed by atoms with E-state index in [4.69, 9.17) is 11.6 Å². The summed E-state index contributed by atoms with van der Waals surface area (Å²) in [6, 6.07) is 6.19. The van der Waals surface area contributed by atoms with Gasteiger partial charge in [-0.15, -0.1) is 0 Å². The Bertz CT molecular complexity index is 492. The second-order valence-corrected chi connectivity index (χ2v) is 6.17. The van der Waals surface area contributed by atoms with Crippen LogP contribution in [0.1, 0.15) is 32.3 Å². The van der Waals surface area contributed by atoms with Gasteiger partial charge in [0.25, 0.3) is 0 Å². The number of carbonyl (C=O) groups excluding carboxylic acids is 1. The first-order valence-corrected chi connectivity index (χ1v) is 8.24. The maximum absolute atomic E-state index is 12.4. The van der Waals surface area contributed by atoms with E-state index >= 15 is 0 Å². The lowest BCUT2D eigenvalue weighted by atomic mass is 10.0. The summed E-state index contributed by atoms with van der Waals surface area (Å²) in [5.41, 5.74) is 2.25. The van der Waals surface area contributed by atoms with Crippen molar-refractivity contribution >= 4 is 23.2 Å². The topological polar surface area (TPSA) is 23.6 Å². The highest BCUT2D eigenvalue weighted by Gasteiger charge is 2.25. The van der Waals surface area contributed by atoms with Gasteiger partial charge >= 0.3 is 0 Å². The molecule has 0 N–H and O–H groups in total. The van der Waals surface area contributed by atoms with Crippen molar-refractivity contribution in [3.63, 3.8) is 0 Å². The van der Waals surface area contributed by atoms with Gasteiger partial charge in [-0.3, -0.25) is 4.79 Å². The van der Waals surface area contributed by atoms with Crippen molar-refractivity contribution in [2.45, 2.75) is 33.6 Å². The van der Waals surface area contributed by atoms with Gasteiger partial charge in [0.1, 0.15) is 0 Å². The molecule has 116 valence electrons. The summed E-state index contributed by atoms with van der Waals surface area (Å²) in [7, 11) is 0. The smallest absolute Gasteiger partial charge is 0.225 e. The zero-order chi connectivity index (χ0) is 15.4. The Kier molecular flexibility index (Phi) is 5.51. The molecule has 0 bridgehead atoms. The molecule has 2 rings (SSSR count). The molecule has 1 aromatic carbocycles. The van der Waals surface area contributed by atoms with Gasteiger partial charge in [0.15, 0.2) is 0 Å². The van der Waals surface area contributed by atoms with E-state index in [0.29, 0.717) is 5.91 Å². The molecule has 1 saturated heterocycles. The molecule has 1 heterocycles. The highest BCUT2D eigenvalue weighted by atomic mass is 35.5. The quantitative estimate of drug-likeness (QED) is 0.846. The molecule has 1 aliphatic heterocycles. The molecule has 3 nitrogen and oxygen atoms in total. The normalized spacial score (nSPS) is 15.7. The van der Waals surface area contributed by atoms with E-state index in [2.05, 4.69) is 30.9 Å². The Morgan fingerprint density at radius 3 is 2.33 bits per heavy atom. The first-order chi connectivity index (χ1) is 10.1. The van der Waals surface area contributed by atoms with E-state index in [1.165, 1.54) is 0 Å². The van der Waals surface area contributed by atoms with Crippen molar-refractivity contribution in [2.24, 2.45) is 5.92 Å². The number of hydrogen-bond acceptors (Lipinski definition) is 2. The molecule has 0 spiro atoms. The zero-order valence-electron chi connectivity index (χ0n) is 13.2. The van der Waals surface area contributed by atoms with E-state index in [0.717, 1.165) is 55.3 Å². The molecular formula is C17H25ClN2O. The molecule has 0 atom stereocenters. The number of aryl methyl sites for hydroxylation is 1. The summed E-state index contributed by atoms with van der Waals surface area (Å²) in [6.45, 7) is 9.57. The minimum Gasteiger partial charge on any atom is -0.368 e. The molecule has 0 radical (unpaired) electrons. The van der Waals surface area contributed by atoms with Crippen molar-refractivity contribution in [3.8, 4) is 0 Å². The average molecular weight is 309 g/mol. The predicted molar refractivity (Wildman–Crippen MR) is 89.1 cm³/mol. The minimum absolute atomic E-state index is 0.186. The standard InChI is InChI=1S/C17H25ClN2O/c1-4-14(5-2)17(21)20-10-8-19(9-11-20)15-7-6-13(3)16(18)12-15/h6-7,12,14H,4-5,8-11H2,1-3H3. The lowest BCUT2D eigenvalue weighted by Crippen LogP contribution is -2.50. The van der Waals surface area contributed by atoms with Gasteiger partial charge in [-0.05, 0) is 37.5 Å². The molecule has 0 saturated carbocycles. The number of rotatable bonds is 4. The van der Waals surface area contributed by atoms with Crippen LogP contribution in [0.25, 0.3) is 0 Å². The number of halogens is 1. The summed E-state index contributed by atoms with van der Waals surface area (Å²) in [5, 5.41) is 0.808. The number of benzene rings is 1. The molecule has 21 heavy (non-hydrogen) atoms. The fraction of sp³-hybridized carbons (Fsp3) is 0.588. The molecule has 4 heteroatoms. The van der Waals surface area contributed by atoms with Crippen molar-refractivity contribution < 1.29 is 4.79 Å². The Morgan fingerprint density at radius 2 is 1.81 bits per heavy atom. The van der Waals surface area contributed by atoms with Gasteiger partial charge in [-0.1, -0.05) is 31.5 Å². The zero-order valence-corrected chi connectivity index (χ0v) is 14.0. The maximum Gasteiger partial charge on any atom is 0.225 e. The van der Waals surface area contributed by atoms with Crippen LogP contribution in [0.4, 0.5) is 5.69 Å². The van der Waals surface area contributed by atoms with Crippen LogP contribution in [0.3, 0.4) is 0 Å². The number of amides is 1. The van der Waals surface area contributed by atoms with E-state index in [1.54, 1.807) is 0 Å². The molecule has 1 amide bonds. The molecule has 0 unspecified atom stereocenters. The van der Waals surface area contributed by atoms with Gasteiger partial charge in [-0.25, -0.2) is 0 Å². The summed E-state index contributed by atoms with van der Waals surface area (Å²) in [6.07, 6.45) is 1.87. The summed E-state index contributed by atoms with van der Waals surface area (Å²) >= 11 is 6.20. The van der Waals surface area contributed by atoms with Crippen LogP contribution in [0.2, 0.25) is 5.02 Å². The summed E-state index contributed by atoms with van der Waals surface area (Å²) in [5.74, 6) is 0.506. The highest BCUT2D eigenvalue weighted by Crippen LogP contribution is 2.24. The van der Waals surface area contributed by atoms with Crippen LogP contribution in [0, 0.1) is 12.8 Å². The predicted octanol–water partition coefficient (Wildman–Crippen LogP) is 3.73. The fourth-order valence-electron chi connectivity index (χ4n) is 2.86. The van der Waals surface area contributed by atoms with Gasteiger partial charge in [0.2, 0.25) is 5.91 Å². The number of piperazine rings is 1. The number of carbonyl (C=O) groups is 1. The van der Waals surface area contributed by atoms with Crippen LogP contribution in [-0.2, 0) is 4.79 Å². The third-order valence-corrected chi connectivity index (χ3v) is 4.85. The lowest BCUT2D eigenvalue weighted by Gasteiger charge is -2.37. The Morgan fingerprint density at radius 1 is 1.19 bits per heavy atom. The van der Waals surface area contributed by atoms with E-state index < -0.39 is 0 Å². The van der Waals surface area contributed by atoms with Crippen LogP contribution < -0.4 is 4.90 Å². The molecule has 0 aliphatic carbocycles. The van der Waals surface area contributed by atoms with Crippen molar-refractivity contribution in [2.75, 3.05) is 31.1 Å². The minimum atomic E-state index is 0.186. The second-order valence-electron chi connectivity index (χ2n) is 5.76. The average Bonchev–Trinajstić information content (AvgIpc) is 2.51. The number of nitrogens with zero attached hydrogens (tertiary/aromatic N) is 2. The van der Waals surface area contributed by atoms with Gasteiger partial charge < -0.3 is 9.80 Å². The fourth-order valence-corrected chi connectivity index (χ4v) is 3.03. The van der Waals surface area contributed by atoms with Gasteiger partial charge in [-0.2, -0.15) is 0 Å². The molecule has 0 aromatic heterocycles. The van der Waals surface area contributed by atoms with Gasteiger partial charge in [0.05, 0.1) is 0 Å². The first kappa shape index (κ1) is 16.2. The van der Waals surface area contributed by atoms with Crippen molar-refractivity contribution in [1.29, 1.82) is 0 Å². The van der Waals surface area contributed by atoms with E-state index in [1.807, 2.05) is 17.9 Å². The Labute approximate surface area is 132 Å². The van der Waals surface area contributed by atoms with Crippen LogP contribution in [-0.4, -0.2) is 37.0 Å². The largest absolute Gasteiger partial charge is 0.368 e. The third-order valence-electron chi connectivity index (χ3n) is 4.45. The van der Waals surface area contributed by atoms with Crippen molar-refractivity contribution in [1.82, 2.24) is 4.90 Å². The van der Waals surface area contributed by atoms with Crippen LogP contribution in [0.15, 0.2) is 18.2 Å². The maximum atomic E-state index is 12.4. The van der Waals surface area contributed by atoms with Gasteiger partial charge in [0, 0.05) is 42.8 Å². The number of anilines is 1. The number of hydrogen-bond donors (Lipinski definition) is 0. The first-order valence-electron chi connectivity index (χ1n) is 7.86. The van der Waals surface area contributed by atoms with Crippen molar-refractivity contribution in [3.05, 3.63) is 28.8 Å². The second kappa shape index (κ2) is 7.17. The molecule has 1 aliphatic rings. The summed E-state index contributed by atoms with van der Waals surface area (Å²) in [4.78, 5) is 16.7. The third kappa shape index (κ3) is 3.70. The highest BCUT2D eigenvalue weighted by molar-refractivity contribution is 6.31. The lowest BCUT2D eigenvalue weighted by molar-refractivity contribution is -0.136. The molecular weight excluding hydrogens is 284 g/mol. The Hall–Kier alpha value is -1.22. The molecule has 1 aromatic rings.